The topological polar surface area (TPSA) is 84.6 Å². The molecule has 0 aliphatic heterocycles. The number of benzene rings is 1. The van der Waals surface area contributed by atoms with Gasteiger partial charge in [0.05, 0.1) is 29.7 Å². The van der Waals surface area contributed by atoms with Crippen molar-refractivity contribution < 1.29 is 14.8 Å². The van der Waals surface area contributed by atoms with Gasteiger partial charge in [0.25, 0.3) is 5.69 Å². The average Bonchev–Trinajstić information content (AvgIpc) is 2.40. The van der Waals surface area contributed by atoms with Crippen molar-refractivity contribution in [2.24, 2.45) is 0 Å². The standard InChI is InChI=1S/C14H20N2O4/c1-2-6-20-13-8-11(7-12(9-13)16(18)19)15-14(10-17)4-3-5-14/h7-9,15,17H,2-6,10H2,1H3. The van der Waals surface area contributed by atoms with Crippen LogP contribution in [0.3, 0.4) is 0 Å². The van der Waals surface area contributed by atoms with Gasteiger partial charge in [0.15, 0.2) is 0 Å². The van der Waals surface area contributed by atoms with Crippen LogP contribution >= 0.6 is 0 Å². The molecule has 1 aliphatic rings. The smallest absolute Gasteiger partial charge is 0.275 e. The van der Waals surface area contributed by atoms with Crippen LogP contribution in [-0.2, 0) is 0 Å². The Balaban J connectivity index is 2.22. The van der Waals surface area contributed by atoms with Gasteiger partial charge in [0.2, 0.25) is 0 Å². The van der Waals surface area contributed by atoms with Crippen molar-refractivity contribution in [3.63, 3.8) is 0 Å². The second kappa shape index (κ2) is 6.09. The summed E-state index contributed by atoms with van der Waals surface area (Å²) in [5.41, 5.74) is 0.282. The highest BCUT2D eigenvalue weighted by molar-refractivity contribution is 5.58. The minimum Gasteiger partial charge on any atom is -0.493 e. The van der Waals surface area contributed by atoms with Gasteiger partial charge in [-0.15, -0.1) is 0 Å². The molecule has 2 rings (SSSR count). The second-order valence-electron chi connectivity index (χ2n) is 5.24. The SMILES string of the molecule is CCCOc1cc(NC2(CO)CCC2)cc([N+](=O)[O-])c1. The van der Waals surface area contributed by atoms with E-state index in [-0.39, 0.29) is 17.8 Å². The van der Waals surface area contributed by atoms with Crippen molar-refractivity contribution in [1.29, 1.82) is 0 Å². The van der Waals surface area contributed by atoms with Crippen molar-refractivity contribution >= 4 is 11.4 Å². The maximum atomic E-state index is 11.0. The number of aliphatic hydroxyl groups is 1. The van der Waals surface area contributed by atoms with E-state index in [4.69, 9.17) is 4.74 Å². The van der Waals surface area contributed by atoms with Gasteiger partial charge in [0.1, 0.15) is 5.75 Å². The monoisotopic (exact) mass is 280 g/mol. The molecule has 1 fully saturated rings. The van der Waals surface area contributed by atoms with Gasteiger partial charge >= 0.3 is 0 Å². The predicted octanol–water partition coefficient (Wildman–Crippen LogP) is 2.71. The van der Waals surface area contributed by atoms with E-state index in [9.17, 15) is 15.2 Å². The molecule has 0 saturated heterocycles. The zero-order valence-corrected chi connectivity index (χ0v) is 11.6. The maximum absolute atomic E-state index is 11.0. The second-order valence-corrected chi connectivity index (χ2v) is 5.24. The van der Waals surface area contributed by atoms with Gasteiger partial charge < -0.3 is 15.2 Å². The van der Waals surface area contributed by atoms with Crippen molar-refractivity contribution in [2.45, 2.75) is 38.1 Å². The summed E-state index contributed by atoms with van der Waals surface area (Å²) in [7, 11) is 0. The molecule has 20 heavy (non-hydrogen) atoms. The summed E-state index contributed by atoms with van der Waals surface area (Å²) in [6.07, 6.45) is 3.64. The molecular formula is C14H20N2O4. The molecule has 1 aliphatic carbocycles. The van der Waals surface area contributed by atoms with Gasteiger partial charge in [-0.3, -0.25) is 10.1 Å². The van der Waals surface area contributed by atoms with E-state index in [0.717, 1.165) is 25.7 Å². The molecule has 110 valence electrons. The molecule has 1 saturated carbocycles. The molecule has 0 atom stereocenters. The quantitative estimate of drug-likeness (QED) is 0.592. The highest BCUT2D eigenvalue weighted by atomic mass is 16.6. The van der Waals surface area contributed by atoms with Crippen molar-refractivity contribution in [3.05, 3.63) is 28.3 Å². The minimum atomic E-state index is -0.434. The van der Waals surface area contributed by atoms with Gasteiger partial charge in [-0.2, -0.15) is 0 Å². The first-order valence-corrected chi connectivity index (χ1v) is 6.90. The number of rotatable bonds is 7. The lowest BCUT2D eigenvalue weighted by Crippen LogP contribution is -2.48. The summed E-state index contributed by atoms with van der Waals surface area (Å²) in [4.78, 5) is 10.5. The summed E-state index contributed by atoms with van der Waals surface area (Å²) in [6.45, 7) is 2.53. The summed E-state index contributed by atoms with van der Waals surface area (Å²) in [6, 6.07) is 4.65. The highest BCUT2D eigenvalue weighted by Crippen LogP contribution is 2.36. The number of nitro benzene ring substituents is 1. The lowest BCUT2D eigenvalue weighted by molar-refractivity contribution is -0.384. The van der Waals surface area contributed by atoms with Crippen LogP contribution in [-0.4, -0.2) is 28.8 Å². The van der Waals surface area contributed by atoms with Crippen LogP contribution in [0.4, 0.5) is 11.4 Å². The van der Waals surface area contributed by atoms with Gasteiger partial charge in [0, 0.05) is 17.8 Å². The first-order valence-electron chi connectivity index (χ1n) is 6.90. The lowest BCUT2D eigenvalue weighted by atomic mass is 9.77. The molecule has 1 aromatic carbocycles. The zero-order chi connectivity index (χ0) is 14.6. The summed E-state index contributed by atoms with van der Waals surface area (Å²) >= 11 is 0. The molecular weight excluding hydrogens is 260 g/mol. The van der Waals surface area contributed by atoms with E-state index < -0.39 is 4.92 Å². The first kappa shape index (κ1) is 14.6. The predicted molar refractivity (Wildman–Crippen MR) is 76.2 cm³/mol. The number of nitrogens with one attached hydrogen (secondary N) is 1. The molecule has 0 spiro atoms. The molecule has 0 amide bonds. The number of ether oxygens (including phenoxy) is 1. The molecule has 6 heteroatoms. The largest absolute Gasteiger partial charge is 0.493 e. The molecule has 0 radical (unpaired) electrons. The Morgan fingerprint density at radius 3 is 2.70 bits per heavy atom. The summed E-state index contributed by atoms with van der Waals surface area (Å²) in [5.74, 6) is 0.482. The molecule has 0 heterocycles. The van der Waals surface area contributed by atoms with Gasteiger partial charge in [-0.05, 0) is 25.7 Å². The highest BCUT2D eigenvalue weighted by Gasteiger charge is 2.36. The molecule has 0 aromatic heterocycles. The zero-order valence-electron chi connectivity index (χ0n) is 11.6. The molecule has 0 unspecified atom stereocenters. The van der Waals surface area contributed by atoms with Gasteiger partial charge in [-0.25, -0.2) is 0 Å². The molecule has 0 bridgehead atoms. The number of nitro groups is 1. The minimum absolute atomic E-state index is 0.00600. The van der Waals surface area contributed by atoms with Crippen LogP contribution < -0.4 is 10.1 Å². The van der Waals surface area contributed by atoms with E-state index in [1.807, 2.05) is 6.92 Å². The third-order valence-corrected chi connectivity index (χ3v) is 3.60. The summed E-state index contributed by atoms with van der Waals surface area (Å²) < 4.78 is 5.48. The van der Waals surface area contributed by atoms with E-state index in [1.54, 1.807) is 6.07 Å². The van der Waals surface area contributed by atoms with Gasteiger partial charge in [-0.1, -0.05) is 6.92 Å². The Labute approximate surface area is 117 Å². The number of hydrogen-bond donors (Lipinski definition) is 2. The van der Waals surface area contributed by atoms with Crippen LogP contribution in [0.5, 0.6) is 5.75 Å². The third-order valence-electron chi connectivity index (χ3n) is 3.60. The van der Waals surface area contributed by atoms with Crippen LogP contribution in [0, 0.1) is 10.1 Å². The van der Waals surface area contributed by atoms with Crippen LogP contribution in [0.15, 0.2) is 18.2 Å². The Kier molecular flexibility index (Phi) is 4.44. The normalized spacial score (nSPS) is 16.3. The number of non-ortho nitro benzene ring substituents is 1. The summed E-state index contributed by atoms with van der Waals surface area (Å²) in [5, 5.41) is 23.6. The Morgan fingerprint density at radius 2 is 2.20 bits per heavy atom. The number of aliphatic hydroxyl groups excluding tert-OH is 1. The van der Waals surface area contributed by atoms with Crippen molar-refractivity contribution in [1.82, 2.24) is 0 Å². The van der Waals surface area contributed by atoms with Crippen molar-refractivity contribution in [3.8, 4) is 5.75 Å². The van der Waals surface area contributed by atoms with Crippen molar-refractivity contribution in [2.75, 3.05) is 18.5 Å². The molecule has 6 nitrogen and oxygen atoms in total. The van der Waals surface area contributed by atoms with Crippen LogP contribution in [0.2, 0.25) is 0 Å². The van der Waals surface area contributed by atoms with E-state index in [0.29, 0.717) is 18.0 Å². The average molecular weight is 280 g/mol. The van der Waals surface area contributed by atoms with Crippen LogP contribution in [0.1, 0.15) is 32.6 Å². The Morgan fingerprint density at radius 1 is 1.45 bits per heavy atom. The van der Waals surface area contributed by atoms with E-state index in [2.05, 4.69) is 5.32 Å². The van der Waals surface area contributed by atoms with E-state index in [1.165, 1.54) is 12.1 Å². The first-order chi connectivity index (χ1) is 9.58. The number of anilines is 1. The molecule has 2 N–H and O–H groups in total. The lowest BCUT2D eigenvalue weighted by Gasteiger charge is -2.41. The Hall–Kier alpha value is -1.82. The van der Waals surface area contributed by atoms with Crippen LogP contribution in [0.25, 0.3) is 0 Å². The fraction of sp³-hybridized carbons (Fsp3) is 0.571. The fourth-order valence-electron chi connectivity index (χ4n) is 2.30. The van der Waals surface area contributed by atoms with E-state index >= 15 is 0 Å². The number of nitrogens with zero attached hydrogens (tertiary/aromatic N) is 1. The Bertz CT molecular complexity index is 481. The maximum Gasteiger partial charge on any atom is 0.275 e. The number of hydrogen-bond acceptors (Lipinski definition) is 5. The fourth-order valence-corrected chi connectivity index (χ4v) is 2.30. The molecule has 1 aromatic rings. The third kappa shape index (κ3) is 3.19.